The topological polar surface area (TPSA) is 59.0 Å². The van der Waals surface area contributed by atoms with E-state index >= 15 is 0 Å². The molecule has 0 saturated carbocycles. The van der Waals surface area contributed by atoms with Crippen LogP contribution < -0.4 is 9.47 Å². The average molecular weight is 524 g/mol. The molecule has 2 aliphatic rings. The number of fused-ring (bicyclic) bond motifs is 3. The Morgan fingerprint density at radius 1 is 1.08 bits per heavy atom. The minimum atomic E-state index is -4.76. The highest BCUT2D eigenvalue weighted by molar-refractivity contribution is 5.77. The van der Waals surface area contributed by atoms with E-state index in [4.69, 9.17) is 14.6 Å². The highest BCUT2D eigenvalue weighted by Gasteiger charge is 2.46. The monoisotopic (exact) mass is 523 g/mol. The molecule has 0 spiro atoms. The zero-order valence-electron chi connectivity index (χ0n) is 21.3. The summed E-state index contributed by atoms with van der Waals surface area (Å²) in [4.78, 5) is 13.1. The number of aliphatic carboxylic acids is 1. The predicted molar refractivity (Wildman–Crippen MR) is 139 cm³/mol. The molecule has 5 nitrogen and oxygen atoms in total. The SMILES string of the molecule is C.COc1cc2c(cc1OC)C1CC[C@@H](CC(C)C)CN1CC2.O=C(O)C(c1ccccc1)C(F)(F)F. The van der Waals surface area contributed by atoms with Gasteiger partial charge in [-0.15, -0.1) is 0 Å². The fourth-order valence-electron chi connectivity index (χ4n) is 5.43. The summed E-state index contributed by atoms with van der Waals surface area (Å²) in [5, 5.41) is 8.44. The lowest BCUT2D eigenvalue weighted by molar-refractivity contribution is -0.176. The first-order valence-electron chi connectivity index (χ1n) is 12.4. The summed E-state index contributed by atoms with van der Waals surface area (Å²) >= 11 is 0. The van der Waals surface area contributed by atoms with Gasteiger partial charge in [-0.25, -0.2) is 0 Å². The molecule has 1 N–H and O–H groups in total. The number of carboxylic acids is 1. The number of alkyl halides is 3. The number of methoxy groups -OCH3 is 2. The van der Waals surface area contributed by atoms with Gasteiger partial charge in [0, 0.05) is 19.1 Å². The van der Waals surface area contributed by atoms with Crippen molar-refractivity contribution in [3.05, 3.63) is 59.2 Å². The van der Waals surface area contributed by atoms with Gasteiger partial charge in [0.2, 0.25) is 0 Å². The van der Waals surface area contributed by atoms with E-state index in [0.717, 1.165) is 41.9 Å². The minimum absolute atomic E-state index is 0. The van der Waals surface area contributed by atoms with E-state index in [1.807, 2.05) is 0 Å². The van der Waals surface area contributed by atoms with Crippen molar-refractivity contribution in [1.29, 1.82) is 0 Å². The molecule has 0 amide bonds. The quantitative estimate of drug-likeness (QED) is 0.437. The summed E-state index contributed by atoms with van der Waals surface area (Å²) < 4.78 is 47.8. The van der Waals surface area contributed by atoms with Crippen LogP contribution in [0.5, 0.6) is 11.5 Å². The van der Waals surface area contributed by atoms with Gasteiger partial charge in [-0.3, -0.25) is 9.69 Å². The third-order valence-electron chi connectivity index (χ3n) is 6.97. The van der Waals surface area contributed by atoms with Crippen LogP contribution in [0.25, 0.3) is 0 Å². The molecule has 2 unspecified atom stereocenters. The molecular weight excluding hydrogens is 483 g/mol. The second-order valence-electron chi connectivity index (χ2n) is 9.96. The zero-order valence-corrected chi connectivity index (χ0v) is 21.3. The summed E-state index contributed by atoms with van der Waals surface area (Å²) in [6.45, 7) is 7.13. The van der Waals surface area contributed by atoms with Gasteiger partial charge in [0.05, 0.1) is 14.2 Å². The van der Waals surface area contributed by atoms with Crippen molar-refractivity contribution in [2.45, 2.75) is 65.1 Å². The predicted octanol–water partition coefficient (Wildman–Crippen LogP) is 7.11. The molecule has 1 fully saturated rings. The van der Waals surface area contributed by atoms with E-state index in [0.29, 0.717) is 6.04 Å². The molecule has 3 atom stereocenters. The van der Waals surface area contributed by atoms with Crippen molar-refractivity contribution in [2.24, 2.45) is 11.8 Å². The van der Waals surface area contributed by atoms with Crippen LogP contribution >= 0.6 is 0 Å². The number of rotatable bonds is 6. The van der Waals surface area contributed by atoms with Crippen molar-refractivity contribution in [3.8, 4) is 11.5 Å². The lowest BCUT2D eigenvalue weighted by atomic mass is 9.81. The van der Waals surface area contributed by atoms with Crippen LogP contribution in [0.2, 0.25) is 0 Å². The number of carbonyl (C=O) groups is 1. The largest absolute Gasteiger partial charge is 0.493 e. The van der Waals surface area contributed by atoms with Crippen molar-refractivity contribution in [1.82, 2.24) is 4.90 Å². The van der Waals surface area contributed by atoms with Crippen LogP contribution in [0.1, 0.15) is 69.2 Å². The van der Waals surface area contributed by atoms with Gasteiger partial charge in [0.25, 0.3) is 0 Å². The van der Waals surface area contributed by atoms with Crippen molar-refractivity contribution < 1.29 is 32.5 Å². The molecule has 2 aliphatic heterocycles. The Bertz CT molecular complexity index is 1010. The number of ether oxygens (including phenoxy) is 2. The zero-order chi connectivity index (χ0) is 26.5. The van der Waals surface area contributed by atoms with Crippen LogP contribution in [0.15, 0.2) is 42.5 Å². The standard InChI is InChI=1S/C19H29NO2.C9H7F3O2.CH4/c1-13(2)9-14-5-6-17-16-11-19(22-4)18(21-3)10-15(16)7-8-20(17)12-14;10-9(11,12)7(8(13)14)6-4-2-1-3-5-6;/h10-11,13-14,17H,5-9,12H2,1-4H3;1-5,7H,(H,13,14);1H4/t14-,17?;;/m0../s1. The third-order valence-corrected chi connectivity index (χ3v) is 6.97. The Labute approximate surface area is 218 Å². The van der Waals surface area contributed by atoms with Crippen LogP contribution in [0.4, 0.5) is 13.2 Å². The number of nitrogens with zero attached hydrogens (tertiary/aromatic N) is 1. The molecule has 2 heterocycles. The van der Waals surface area contributed by atoms with Crippen molar-refractivity contribution >= 4 is 5.97 Å². The first kappa shape index (κ1) is 30.5. The Kier molecular flexibility index (Phi) is 10.9. The molecule has 0 aromatic heterocycles. The minimum Gasteiger partial charge on any atom is -0.493 e. The molecule has 4 rings (SSSR count). The first-order valence-corrected chi connectivity index (χ1v) is 12.4. The van der Waals surface area contributed by atoms with E-state index < -0.39 is 18.1 Å². The van der Waals surface area contributed by atoms with Gasteiger partial charge in [0.1, 0.15) is 0 Å². The number of carboxylic acid groups (broad SMARTS) is 1. The van der Waals surface area contributed by atoms with Crippen LogP contribution in [-0.4, -0.2) is 49.5 Å². The van der Waals surface area contributed by atoms with E-state index in [1.54, 1.807) is 14.2 Å². The Morgan fingerprint density at radius 2 is 1.70 bits per heavy atom. The molecule has 8 heteroatoms. The highest BCUT2D eigenvalue weighted by atomic mass is 19.4. The van der Waals surface area contributed by atoms with Crippen molar-refractivity contribution in [3.63, 3.8) is 0 Å². The normalized spacial score (nSPS) is 19.9. The van der Waals surface area contributed by atoms with Crippen LogP contribution in [0, 0.1) is 11.8 Å². The van der Waals surface area contributed by atoms with Crippen molar-refractivity contribution in [2.75, 3.05) is 27.3 Å². The Hall–Kier alpha value is -2.74. The maximum absolute atomic E-state index is 12.3. The lowest BCUT2D eigenvalue weighted by Crippen LogP contribution is -2.42. The van der Waals surface area contributed by atoms with E-state index in [9.17, 15) is 18.0 Å². The van der Waals surface area contributed by atoms with Crippen LogP contribution in [-0.2, 0) is 11.2 Å². The van der Waals surface area contributed by atoms with E-state index in [2.05, 4.69) is 30.9 Å². The second kappa shape index (κ2) is 13.2. The van der Waals surface area contributed by atoms with Gasteiger partial charge in [-0.2, -0.15) is 13.2 Å². The molecule has 0 bridgehead atoms. The maximum Gasteiger partial charge on any atom is 0.406 e. The number of halogens is 3. The van der Waals surface area contributed by atoms with Gasteiger partial charge in [-0.1, -0.05) is 51.6 Å². The highest BCUT2D eigenvalue weighted by Crippen LogP contribution is 2.43. The molecule has 0 radical (unpaired) electrons. The Balaban J connectivity index is 0.000000280. The number of benzene rings is 2. The summed E-state index contributed by atoms with van der Waals surface area (Å²) in [7, 11) is 3.45. The summed E-state index contributed by atoms with van der Waals surface area (Å²) in [6, 6.07) is 11.5. The van der Waals surface area contributed by atoms with E-state index in [-0.39, 0.29) is 13.0 Å². The fourth-order valence-corrected chi connectivity index (χ4v) is 5.43. The number of hydrogen-bond donors (Lipinski definition) is 1. The van der Waals surface area contributed by atoms with Crippen LogP contribution in [0.3, 0.4) is 0 Å². The second-order valence-corrected chi connectivity index (χ2v) is 9.96. The summed E-state index contributed by atoms with van der Waals surface area (Å²) in [5.41, 5.74) is 2.65. The fraction of sp³-hybridized carbons (Fsp3) is 0.552. The Morgan fingerprint density at radius 3 is 2.24 bits per heavy atom. The third kappa shape index (κ3) is 7.63. The number of hydrogen-bond acceptors (Lipinski definition) is 4. The maximum atomic E-state index is 12.3. The van der Waals surface area contributed by atoms with Gasteiger partial charge in [0.15, 0.2) is 17.4 Å². The first-order chi connectivity index (χ1) is 17.0. The molecule has 2 aromatic rings. The smallest absolute Gasteiger partial charge is 0.406 e. The summed E-state index contributed by atoms with van der Waals surface area (Å²) in [6.07, 6.45) is 0.364. The number of piperidine rings is 1. The van der Waals surface area contributed by atoms with Gasteiger partial charge in [-0.05, 0) is 66.3 Å². The lowest BCUT2D eigenvalue weighted by Gasteiger charge is -2.44. The van der Waals surface area contributed by atoms with E-state index in [1.165, 1.54) is 61.7 Å². The average Bonchev–Trinajstić information content (AvgIpc) is 2.82. The molecular formula is C29H40F3NO4. The molecule has 1 saturated heterocycles. The van der Waals surface area contributed by atoms with Gasteiger partial charge < -0.3 is 14.6 Å². The van der Waals surface area contributed by atoms with Gasteiger partial charge >= 0.3 is 12.1 Å². The molecule has 0 aliphatic carbocycles. The summed E-state index contributed by atoms with van der Waals surface area (Å²) in [5.74, 6) is -0.913. The molecule has 2 aromatic carbocycles. The molecule has 206 valence electrons. The molecule has 37 heavy (non-hydrogen) atoms.